The van der Waals surface area contributed by atoms with E-state index < -0.39 is 6.10 Å². The summed E-state index contributed by atoms with van der Waals surface area (Å²) in [6.45, 7) is 6.18. The number of ether oxygens (including phenoxy) is 3. The third-order valence-corrected chi connectivity index (χ3v) is 10.9. The van der Waals surface area contributed by atoms with Crippen LogP contribution in [0.1, 0.15) is 213 Å². The molecule has 0 spiro atoms. The van der Waals surface area contributed by atoms with Gasteiger partial charge in [-0.15, -0.1) is 0 Å². The average Bonchev–Trinajstić information content (AvgIpc) is 3.35. The predicted molar refractivity (Wildman–Crippen MR) is 297 cm³/mol. The molecule has 0 aromatic heterocycles. The highest BCUT2D eigenvalue weighted by Gasteiger charge is 2.19. The monoisotopic (exact) mass is 951 g/mol. The van der Waals surface area contributed by atoms with Crippen LogP contribution < -0.4 is 0 Å². The Labute approximate surface area is 423 Å². The number of allylic oxidation sites excluding steroid dienone is 24. The summed E-state index contributed by atoms with van der Waals surface area (Å²) >= 11 is 0. The van der Waals surface area contributed by atoms with Crippen molar-refractivity contribution in [2.75, 3.05) is 13.2 Å². The molecule has 69 heavy (non-hydrogen) atoms. The van der Waals surface area contributed by atoms with Crippen molar-refractivity contribution in [1.82, 2.24) is 0 Å². The molecule has 0 radical (unpaired) electrons. The second-order valence-corrected chi connectivity index (χ2v) is 17.4. The van der Waals surface area contributed by atoms with E-state index in [1.54, 1.807) is 0 Å². The summed E-state index contributed by atoms with van der Waals surface area (Å²) in [7, 11) is 0. The first-order valence-corrected chi connectivity index (χ1v) is 27.4. The van der Waals surface area contributed by atoms with Crippen LogP contribution in [0.25, 0.3) is 0 Å². The van der Waals surface area contributed by atoms with Gasteiger partial charge < -0.3 is 14.2 Å². The first kappa shape index (κ1) is 64.3. The number of hydrogen-bond donors (Lipinski definition) is 0. The molecular weight excluding hydrogens is 853 g/mol. The van der Waals surface area contributed by atoms with Crippen molar-refractivity contribution in [2.24, 2.45) is 0 Å². The van der Waals surface area contributed by atoms with E-state index in [-0.39, 0.29) is 37.5 Å². The zero-order valence-electron chi connectivity index (χ0n) is 44.0. The van der Waals surface area contributed by atoms with Gasteiger partial charge >= 0.3 is 17.9 Å². The number of carbonyl (C=O) groups is 3. The van der Waals surface area contributed by atoms with Crippen LogP contribution in [0.5, 0.6) is 0 Å². The van der Waals surface area contributed by atoms with E-state index in [1.807, 2.05) is 12.2 Å². The molecular formula is C63H98O6. The van der Waals surface area contributed by atoms with Crippen molar-refractivity contribution >= 4 is 17.9 Å². The van der Waals surface area contributed by atoms with Crippen LogP contribution in [-0.4, -0.2) is 37.2 Å². The molecule has 1 unspecified atom stereocenters. The van der Waals surface area contributed by atoms with E-state index in [9.17, 15) is 14.4 Å². The molecule has 0 aliphatic rings. The fourth-order valence-corrected chi connectivity index (χ4v) is 6.89. The van der Waals surface area contributed by atoms with Gasteiger partial charge in [0.1, 0.15) is 13.2 Å². The highest BCUT2D eigenvalue weighted by atomic mass is 16.6. The molecule has 0 aliphatic carbocycles. The molecule has 0 aromatic rings. The SMILES string of the molecule is CC/C=C/C=C/C=C/CCCCCCCC(=O)OCC(COC(=O)CC/C=C/C/C=C/C/C=C/C/C=C/C/C=C/C/C=C/CC)OC(=O)CCCCCCCCCCC/C=C/C/C=C/C/C=C/CC. The Balaban J connectivity index is 4.54. The van der Waals surface area contributed by atoms with Crippen LogP contribution in [0.2, 0.25) is 0 Å². The van der Waals surface area contributed by atoms with Gasteiger partial charge in [-0.25, -0.2) is 0 Å². The third-order valence-electron chi connectivity index (χ3n) is 10.9. The van der Waals surface area contributed by atoms with Crippen LogP contribution in [0.4, 0.5) is 0 Å². The molecule has 6 heteroatoms. The van der Waals surface area contributed by atoms with E-state index >= 15 is 0 Å². The minimum Gasteiger partial charge on any atom is -0.462 e. The quantitative estimate of drug-likeness (QED) is 0.0199. The summed E-state index contributed by atoms with van der Waals surface area (Å²) in [5, 5.41) is 0. The predicted octanol–water partition coefficient (Wildman–Crippen LogP) is 18.4. The van der Waals surface area contributed by atoms with Crippen molar-refractivity contribution in [3.8, 4) is 0 Å². The van der Waals surface area contributed by atoms with E-state index in [4.69, 9.17) is 14.2 Å². The lowest BCUT2D eigenvalue weighted by Crippen LogP contribution is -2.30. The second-order valence-electron chi connectivity index (χ2n) is 17.4. The standard InChI is InChI=1S/C63H98O6/c1-4-7-10-13-16-19-22-25-27-29-31-33-35-38-41-44-47-50-53-56-62(65)68-59-60(58-67-61(64)55-52-49-46-43-40-37-24-21-18-15-12-9-6-3)69-63(66)57-54-51-48-45-42-39-36-34-32-30-28-26-23-20-17-14-11-8-5-2/h7-12,15-21,24-28,31,33,38,41,47,50,60H,4-6,13-14,22-23,29-30,32,34-37,39-40,42-46,48-49,51-59H2,1-3H3/b10-7+,11-8+,12-9+,18-15+,19-16+,20-17+,24-21+,27-25+,28-26+,33-31+,41-38+,50-47+. The van der Waals surface area contributed by atoms with Crippen LogP contribution in [0, 0.1) is 0 Å². The van der Waals surface area contributed by atoms with Gasteiger partial charge in [0.15, 0.2) is 6.10 Å². The minimum atomic E-state index is -0.827. The van der Waals surface area contributed by atoms with E-state index in [0.29, 0.717) is 19.3 Å². The van der Waals surface area contributed by atoms with Crippen LogP contribution in [-0.2, 0) is 28.6 Å². The van der Waals surface area contributed by atoms with E-state index in [0.717, 1.165) is 128 Å². The molecule has 0 saturated heterocycles. The van der Waals surface area contributed by atoms with Gasteiger partial charge in [0.05, 0.1) is 0 Å². The minimum absolute atomic E-state index is 0.120. The van der Waals surface area contributed by atoms with Crippen molar-refractivity contribution in [1.29, 1.82) is 0 Å². The molecule has 0 saturated carbocycles. The number of carbonyl (C=O) groups excluding carboxylic acids is 3. The number of esters is 3. The maximum Gasteiger partial charge on any atom is 0.306 e. The highest BCUT2D eigenvalue weighted by Crippen LogP contribution is 2.14. The Morgan fingerprint density at radius 3 is 1.06 bits per heavy atom. The van der Waals surface area contributed by atoms with Crippen LogP contribution >= 0.6 is 0 Å². The second kappa shape index (κ2) is 55.9. The smallest absolute Gasteiger partial charge is 0.306 e. The first-order chi connectivity index (χ1) is 34.0. The number of unbranched alkanes of at least 4 members (excludes halogenated alkanes) is 14. The van der Waals surface area contributed by atoms with Gasteiger partial charge in [-0.05, 0) is 109 Å². The Morgan fingerprint density at radius 2 is 0.623 bits per heavy atom. The summed E-state index contributed by atoms with van der Waals surface area (Å²) in [6, 6.07) is 0. The molecule has 0 rings (SSSR count). The molecule has 386 valence electrons. The zero-order chi connectivity index (χ0) is 50.0. The Morgan fingerprint density at radius 1 is 0.304 bits per heavy atom. The normalized spacial score (nSPS) is 13.3. The molecule has 0 amide bonds. The topological polar surface area (TPSA) is 78.9 Å². The number of hydrogen-bond acceptors (Lipinski definition) is 6. The summed E-state index contributed by atoms with van der Waals surface area (Å²) in [5.74, 6) is -1.04. The lowest BCUT2D eigenvalue weighted by atomic mass is 10.1. The Hall–Kier alpha value is -4.71. The van der Waals surface area contributed by atoms with Crippen LogP contribution in [0.15, 0.2) is 146 Å². The average molecular weight is 951 g/mol. The van der Waals surface area contributed by atoms with Gasteiger partial charge in [-0.3, -0.25) is 14.4 Å². The Bertz CT molecular complexity index is 1560. The summed E-state index contributed by atoms with van der Waals surface area (Å²) in [4.78, 5) is 38.1. The van der Waals surface area contributed by atoms with E-state index in [2.05, 4.69) is 154 Å². The van der Waals surface area contributed by atoms with Gasteiger partial charge in [0.2, 0.25) is 0 Å². The molecule has 0 aliphatic heterocycles. The Kier molecular flexibility index (Phi) is 52.1. The van der Waals surface area contributed by atoms with Gasteiger partial charge in [-0.2, -0.15) is 0 Å². The third kappa shape index (κ3) is 54.1. The molecule has 0 heterocycles. The van der Waals surface area contributed by atoms with Gasteiger partial charge in [0, 0.05) is 19.3 Å². The summed E-state index contributed by atoms with van der Waals surface area (Å²) in [6.07, 6.45) is 79.9. The molecule has 0 fully saturated rings. The number of rotatable bonds is 47. The van der Waals surface area contributed by atoms with Crippen molar-refractivity contribution in [3.63, 3.8) is 0 Å². The van der Waals surface area contributed by atoms with Crippen molar-refractivity contribution < 1.29 is 28.6 Å². The molecule has 0 N–H and O–H groups in total. The van der Waals surface area contributed by atoms with Gasteiger partial charge in [-0.1, -0.05) is 231 Å². The molecule has 6 nitrogen and oxygen atoms in total. The van der Waals surface area contributed by atoms with Crippen molar-refractivity contribution in [2.45, 2.75) is 219 Å². The molecule has 0 aromatic carbocycles. The fraction of sp³-hybridized carbons (Fsp3) is 0.571. The summed E-state index contributed by atoms with van der Waals surface area (Å²) < 4.78 is 16.7. The lowest BCUT2D eigenvalue weighted by molar-refractivity contribution is -0.166. The summed E-state index contributed by atoms with van der Waals surface area (Å²) in [5.41, 5.74) is 0. The van der Waals surface area contributed by atoms with Crippen LogP contribution in [0.3, 0.4) is 0 Å². The maximum atomic E-state index is 12.8. The lowest BCUT2D eigenvalue weighted by Gasteiger charge is -2.18. The maximum absolute atomic E-state index is 12.8. The molecule has 1 atom stereocenters. The molecule has 0 bridgehead atoms. The highest BCUT2D eigenvalue weighted by molar-refractivity contribution is 5.71. The largest absolute Gasteiger partial charge is 0.462 e. The fourth-order valence-electron chi connectivity index (χ4n) is 6.89. The van der Waals surface area contributed by atoms with E-state index in [1.165, 1.54) is 38.5 Å². The van der Waals surface area contributed by atoms with Gasteiger partial charge in [0.25, 0.3) is 0 Å². The first-order valence-electron chi connectivity index (χ1n) is 27.4. The zero-order valence-corrected chi connectivity index (χ0v) is 44.0. The van der Waals surface area contributed by atoms with Crippen molar-refractivity contribution in [3.05, 3.63) is 146 Å².